The fourth-order valence-electron chi connectivity index (χ4n) is 2.27. The van der Waals surface area contributed by atoms with E-state index in [2.05, 4.69) is 5.32 Å². The third kappa shape index (κ3) is 3.47. The third-order valence-corrected chi connectivity index (χ3v) is 3.93. The van der Waals surface area contributed by atoms with Gasteiger partial charge in [-0.05, 0) is 59.1 Å². The second-order valence-electron chi connectivity index (χ2n) is 6.53. The summed E-state index contributed by atoms with van der Waals surface area (Å²) in [6.45, 7) is 11.9. The smallest absolute Gasteiger partial charge is 0.402 e. The van der Waals surface area contributed by atoms with Crippen LogP contribution in [0.15, 0.2) is 18.2 Å². The highest BCUT2D eigenvalue weighted by molar-refractivity contribution is 6.62. The Morgan fingerprint density at radius 1 is 1.38 bits per heavy atom. The molecule has 0 spiro atoms. The van der Waals surface area contributed by atoms with Crippen LogP contribution < -0.4 is 10.8 Å². The Bertz CT molecular complexity index is 542. The van der Waals surface area contributed by atoms with E-state index < -0.39 is 7.12 Å². The first-order valence-electron chi connectivity index (χ1n) is 7.45. The molecule has 1 fully saturated rings. The van der Waals surface area contributed by atoms with Crippen LogP contribution in [0.2, 0.25) is 0 Å². The first-order valence-corrected chi connectivity index (χ1v) is 7.45. The van der Waals surface area contributed by atoms with Gasteiger partial charge in [-0.15, -0.1) is 0 Å². The Hall–Kier alpha value is -1.33. The van der Waals surface area contributed by atoms with E-state index in [0.717, 1.165) is 11.0 Å². The van der Waals surface area contributed by atoms with Gasteiger partial charge in [-0.25, -0.2) is 0 Å². The van der Waals surface area contributed by atoms with Gasteiger partial charge >= 0.3 is 7.12 Å². The summed E-state index contributed by atoms with van der Waals surface area (Å²) in [7, 11) is -0.415. The Balaban J connectivity index is 2.26. The number of carbonyl (C=O) groups excluding carboxylic acids is 1. The van der Waals surface area contributed by atoms with Crippen molar-refractivity contribution in [2.75, 3.05) is 0 Å². The van der Waals surface area contributed by atoms with Crippen molar-refractivity contribution >= 4 is 18.5 Å². The second kappa shape index (κ2) is 5.81. The number of aryl methyl sites for hydroxylation is 1. The molecular weight excluding hydrogens is 265 g/mol. The first kappa shape index (κ1) is 16.1. The van der Waals surface area contributed by atoms with Crippen LogP contribution in [0.1, 0.15) is 50.5 Å². The summed E-state index contributed by atoms with van der Waals surface area (Å²) in [6, 6.07) is 5.75. The molecule has 1 heterocycles. The molecule has 1 aliphatic rings. The zero-order valence-electron chi connectivity index (χ0n) is 13.7. The predicted molar refractivity (Wildman–Crippen MR) is 84.9 cm³/mol. The first-order chi connectivity index (χ1) is 9.70. The molecule has 5 heteroatoms. The molecule has 1 amide bonds. The third-order valence-electron chi connectivity index (χ3n) is 3.93. The predicted octanol–water partition coefficient (Wildman–Crippen LogP) is 2.04. The fraction of sp³-hybridized carbons (Fsp3) is 0.562. The molecule has 0 saturated carbocycles. The van der Waals surface area contributed by atoms with Crippen LogP contribution in [0.5, 0.6) is 0 Å². The van der Waals surface area contributed by atoms with Gasteiger partial charge in [0.1, 0.15) is 0 Å². The minimum Gasteiger partial charge on any atom is -0.402 e. The molecule has 1 aromatic rings. The number of nitrogens with one attached hydrogen (secondary N) is 1. The lowest BCUT2D eigenvalue weighted by Crippen LogP contribution is -2.38. The molecule has 2 rings (SSSR count). The van der Waals surface area contributed by atoms with Crippen molar-refractivity contribution in [2.24, 2.45) is 0 Å². The number of hydrogen-bond acceptors (Lipinski definition) is 3. The van der Waals surface area contributed by atoms with Crippen LogP contribution in [-0.4, -0.2) is 30.8 Å². The average molecular weight is 289 g/mol. The normalized spacial score (nSPS) is 20.9. The van der Waals surface area contributed by atoms with Gasteiger partial charge in [-0.3, -0.25) is 4.79 Å². The molecule has 1 aliphatic heterocycles. The summed E-state index contributed by atoms with van der Waals surface area (Å²) in [6.07, 6.45) is 0.00930. The Morgan fingerprint density at radius 2 is 2.05 bits per heavy atom. The number of amides is 1. The van der Waals surface area contributed by atoms with Crippen LogP contribution in [-0.2, 0) is 9.31 Å². The topological polar surface area (TPSA) is 47.6 Å². The van der Waals surface area contributed by atoms with Crippen LogP contribution in [0.4, 0.5) is 0 Å². The van der Waals surface area contributed by atoms with Crippen LogP contribution >= 0.6 is 0 Å². The Morgan fingerprint density at radius 3 is 2.57 bits per heavy atom. The van der Waals surface area contributed by atoms with E-state index in [1.54, 1.807) is 0 Å². The Kier molecular flexibility index (Phi) is 4.44. The zero-order valence-corrected chi connectivity index (χ0v) is 13.7. The van der Waals surface area contributed by atoms with E-state index in [1.807, 2.05) is 59.7 Å². The van der Waals surface area contributed by atoms with Crippen LogP contribution in [0.25, 0.3) is 0 Å². The molecule has 4 nitrogen and oxygen atoms in total. The maximum absolute atomic E-state index is 12.1. The van der Waals surface area contributed by atoms with E-state index >= 15 is 0 Å². The molecule has 1 atom stereocenters. The number of hydrogen-bond donors (Lipinski definition) is 1. The zero-order chi connectivity index (χ0) is 15.8. The van der Waals surface area contributed by atoms with Gasteiger partial charge in [-0.1, -0.05) is 11.6 Å². The number of carbonyl (C=O) groups is 1. The minimum absolute atomic E-state index is 0.00930. The molecule has 1 N–H and O–H groups in total. The summed E-state index contributed by atoms with van der Waals surface area (Å²) < 4.78 is 11.9. The van der Waals surface area contributed by atoms with Gasteiger partial charge in [-0.2, -0.15) is 0 Å². The van der Waals surface area contributed by atoms with E-state index in [4.69, 9.17) is 9.31 Å². The molecule has 114 valence electrons. The lowest BCUT2D eigenvalue weighted by atomic mass is 9.75. The van der Waals surface area contributed by atoms with Crippen molar-refractivity contribution in [2.45, 2.75) is 59.3 Å². The van der Waals surface area contributed by atoms with Crippen molar-refractivity contribution in [3.63, 3.8) is 0 Å². The molecule has 1 unspecified atom stereocenters. The highest BCUT2D eigenvalue weighted by Crippen LogP contribution is 2.27. The summed E-state index contributed by atoms with van der Waals surface area (Å²) in [5.41, 5.74) is 2.29. The lowest BCUT2D eigenvalue weighted by molar-refractivity contribution is 0.0842. The quantitative estimate of drug-likeness (QED) is 0.866. The van der Waals surface area contributed by atoms with Gasteiger partial charge in [0.25, 0.3) is 5.91 Å². The molecular formula is C16H24BNO3. The maximum atomic E-state index is 12.1. The molecule has 0 aliphatic carbocycles. The minimum atomic E-state index is -0.415. The highest BCUT2D eigenvalue weighted by Gasteiger charge is 2.44. The second-order valence-corrected chi connectivity index (χ2v) is 6.53. The standard InChI is InChI=1S/C16H24BNO3/c1-10(2)18-15(19)13-8-7-11(3)14(9-13)17-20-12(4)16(5,6)21-17/h7-10,12H,1-6H3,(H,18,19). The molecule has 0 aromatic heterocycles. The maximum Gasteiger partial charge on any atom is 0.494 e. The van der Waals surface area contributed by atoms with Crippen molar-refractivity contribution in [1.82, 2.24) is 5.32 Å². The average Bonchev–Trinajstić information content (AvgIpc) is 2.63. The van der Waals surface area contributed by atoms with Gasteiger partial charge < -0.3 is 14.6 Å². The van der Waals surface area contributed by atoms with Gasteiger partial charge in [0.05, 0.1) is 11.7 Å². The summed E-state index contributed by atoms with van der Waals surface area (Å²) in [5, 5.41) is 2.90. The van der Waals surface area contributed by atoms with Crippen molar-refractivity contribution in [1.29, 1.82) is 0 Å². The number of benzene rings is 1. The van der Waals surface area contributed by atoms with Crippen molar-refractivity contribution < 1.29 is 14.1 Å². The van der Waals surface area contributed by atoms with Crippen molar-refractivity contribution in [3.05, 3.63) is 29.3 Å². The highest BCUT2D eigenvalue weighted by atomic mass is 16.7. The molecule has 0 radical (unpaired) electrons. The van der Waals surface area contributed by atoms with Gasteiger partial charge in [0, 0.05) is 11.6 Å². The largest absolute Gasteiger partial charge is 0.494 e. The van der Waals surface area contributed by atoms with Gasteiger partial charge in [0.2, 0.25) is 0 Å². The summed E-state index contributed by atoms with van der Waals surface area (Å²) in [4.78, 5) is 12.1. The summed E-state index contributed by atoms with van der Waals surface area (Å²) in [5.74, 6) is -0.0726. The van der Waals surface area contributed by atoms with Gasteiger partial charge in [0.15, 0.2) is 0 Å². The van der Waals surface area contributed by atoms with E-state index in [9.17, 15) is 4.79 Å². The lowest BCUT2D eigenvalue weighted by Gasteiger charge is -2.21. The van der Waals surface area contributed by atoms with Crippen molar-refractivity contribution in [3.8, 4) is 0 Å². The van der Waals surface area contributed by atoms with E-state index in [-0.39, 0.29) is 23.7 Å². The molecule has 1 aromatic carbocycles. The SMILES string of the molecule is Cc1ccc(C(=O)NC(C)C)cc1B1OC(C)C(C)(C)O1. The van der Waals surface area contributed by atoms with Crippen LogP contribution in [0.3, 0.4) is 0 Å². The molecule has 21 heavy (non-hydrogen) atoms. The summed E-state index contributed by atoms with van der Waals surface area (Å²) >= 11 is 0. The van der Waals surface area contributed by atoms with Crippen LogP contribution in [0, 0.1) is 6.92 Å². The number of rotatable bonds is 3. The van der Waals surface area contributed by atoms with E-state index in [0.29, 0.717) is 5.56 Å². The monoisotopic (exact) mass is 289 g/mol. The molecule has 0 bridgehead atoms. The van der Waals surface area contributed by atoms with E-state index in [1.165, 1.54) is 0 Å². The Labute approximate surface area is 127 Å². The fourth-order valence-corrected chi connectivity index (χ4v) is 2.27. The molecule has 1 saturated heterocycles.